The van der Waals surface area contributed by atoms with Gasteiger partial charge >= 0.3 is 0 Å². The molecule has 1 saturated heterocycles. The lowest BCUT2D eigenvalue weighted by molar-refractivity contribution is -0.129. The number of likely N-dealkylation sites (N-methyl/N-ethyl adjacent to an activating group) is 1. The molecule has 0 spiro atoms. The zero-order valence-corrected chi connectivity index (χ0v) is 17.8. The smallest absolute Gasteiger partial charge is 0.246 e. The molecule has 1 amide bonds. The average Bonchev–Trinajstić information content (AvgIpc) is 3.05. The van der Waals surface area contributed by atoms with Crippen LogP contribution in [-0.4, -0.2) is 57.8 Å². The number of thiazole rings is 1. The maximum atomic E-state index is 12.8. The Kier molecular flexibility index (Phi) is 6.74. The summed E-state index contributed by atoms with van der Waals surface area (Å²) in [7, 11) is 3.97. The molecular formula is C20H28N6OS. The predicted molar refractivity (Wildman–Crippen MR) is 113 cm³/mol. The fourth-order valence-corrected chi connectivity index (χ4v) is 3.94. The first-order chi connectivity index (χ1) is 13.4. The van der Waals surface area contributed by atoms with Crippen molar-refractivity contribution >= 4 is 28.2 Å². The van der Waals surface area contributed by atoms with Gasteiger partial charge in [0.2, 0.25) is 5.91 Å². The van der Waals surface area contributed by atoms with Crippen molar-refractivity contribution in [3.63, 3.8) is 0 Å². The maximum Gasteiger partial charge on any atom is 0.246 e. The van der Waals surface area contributed by atoms with E-state index in [1.165, 1.54) is 0 Å². The topological polar surface area (TPSA) is 74.2 Å². The number of nitrogens with zero attached hydrogens (tertiary/aromatic N) is 5. The maximum absolute atomic E-state index is 12.8. The van der Waals surface area contributed by atoms with Crippen LogP contribution >= 0.6 is 11.3 Å². The number of hydrogen-bond donors (Lipinski definition) is 1. The Hall–Kier alpha value is -2.32. The standard InChI is InChI=1S/C20H28N6OS/c1-14-12-17(24-20-22-15(2)13-28-20)23-19(21-14)16-8-5-6-11-26(16)18(27)9-7-10-25(3)4/h7,9,12-13,16H,5-6,8,10-11H2,1-4H3,(H,21,22,23,24)/b9-7+/t16-/m1/s1. The van der Waals surface area contributed by atoms with Gasteiger partial charge in [-0.2, -0.15) is 0 Å². The van der Waals surface area contributed by atoms with Crippen LogP contribution in [0.2, 0.25) is 0 Å². The van der Waals surface area contributed by atoms with Crippen LogP contribution in [0.1, 0.15) is 42.5 Å². The second-order valence-corrected chi connectivity index (χ2v) is 8.24. The van der Waals surface area contributed by atoms with E-state index < -0.39 is 0 Å². The summed E-state index contributed by atoms with van der Waals surface area (Å²) in [6.07, 6.45) is 6.54. The van der Waals surface area contributed by atoms with Crippen LogP contribution in [0.25, 0.3) is 0 Å². The SMILES string of the molecule is Cc1cc(Nc2nc(C)cs2)nc([C@H]2CCCCN2C(=O)/C=C/CN(C)C)n1. The van der Waals surface area contributed by atoms with Crippen molar-refractivity contribution < 1.29 is 4.79 Å². The van der Waals surface area contributed by atoms with Crippen LogP contribution in [-0.2, 0) is 4.79 Å². The second-order valence-electron chi connectivity index (χ2n) is 7.38. The van der Waals surface area contributed by atoms with Gasteiger partial charge in [0.15, 0.2) is 11.0 Å². The molecule has 0 bridgehead atoms. The molecule has 3 heterocycles. The summed E-state index contributed by atoms with van der Waals surface area (Å²) in [5.74, 6) is 1.45. The van der Waals surface area contributed by atoms with Crippen LogP contribution in [0.5, 0.6) is 0 Å². The summed E-state index contributed by atoms with van der Waals surface area (Å²) in [6, 6.07) is 1.82. The van der Waals surface area contributed by atoms with Gasteiger partial charge in [-0.3, -0.25) is 4.79 Å². The molecule has 0 radical (unpaired) electrons. The summed E-state index contributed by atoms with van der Waals surface area (Å²) >= 11 is 1.55. The van der Waals surface area contributed by atoms with Crippen LogP contribution in [0.3, 0.4) is 0 Å². The number of carbonyl (C=O) groups is 1. The van der Waals surface area contributed by atoms with Crippen molar-refractivity contribution in [3.8, 4) is 0 Å². The van der Waals surface area contributed by atoms with Gasteiger partial charge in [-0.25, -0.2) is 15.0 Å². The number of carbonyl (C=O) groups excluding carboxylic acids is 1. The van der Waals surface area contributed by atoms with Gasteiger partial charge in [0, 0.05) is 36.3 Å². The molecule has 0 saturated carbocycles. The lowest BCUT2D eigenvalue weighted by atomic mass is 10.0. The average molecular weight is 401 g/mol. The van der Waals surface area contributed by atoms with E-state index in [1.54, 1.807) is 17.4 Å². The third-order valence-electron chi connectivity index (χ3n) is 4.54. The van der Waals surface area contributed by atoms with Crippen LogP contribution < -0.4 is 5.32 Å². The number of aryl methyl sites for hydroxylation is 2. The Morgan fingerprint density at radius 2 is 2.11 bits per heavy atom. The Balaban J connectivity index is 1.80. The second kappa shape index (κ2) is 9.25. The minimum Gasteiger partial charge on any atom is -0.329 e. The first-order valence-corrected chi connectivity index (χ1v) is 10.5. The first kappa shape index (κ1) is 20.4. The van der Waals surface area contributed by atoms with Crippen LogP contribution in [0.15, 0.2) is 23.6 Å². The Morgan fingerprint density at radius 1 is 1.29 bits per heavy atom. The third-order valence-corrected chi connectivity index (χ3v) is 5.42. The molecule has 0 unspecified atom stereocenters. The van der Waals surface area contributed by atoms with Gasteiger partial charge in [-0.1, -0.05) is 6.08 Å². The van der Waals surface area contributed by atoms with E-state index in [2.05, 4.69) is 15.3 Å². The molecule has 1 fully saturated rings. The zero-order valence-electron chi connectivity index (χ0n) is 17.0. The van der Waals surface area contributed by atoms with E-state index >= 15 is 0 Å². The van der Waals surface area contributed by atoms with Crippen molar-refractivity contribution in [1.82, 2.24) is 24.8 Å². The summed E-state index contributed by atoms with van der Waals surface area (Å²) in [4.78, 5) is 30.5. The Labute approximate surface area is 170 Å². The van der Waals surface area contributed by atoms with Gasteiger partial charge in [0.25, 0.3) is 0 Å². The number of amides is 1. The van der Waals surface area contributed by atoms with Crippen molar-refractivity contribution in [3.05, 3.63) is 40.8 Å². The molecule has 150 valence electrons. The van der Waals surface area contributed by atoms with E-state index in [9.17, 15) is 4.79 Å². The molecule has 0 aliphatic carbocycles. The number of piperidine rings is 1. The van der Waals surface area contributed by atoms with E-state index in [0.29, 0.717) is 5.82 Å². The van der Waals surface area contributed by atoms with Crippen molar-refractivity contribution in [2.45, 2.75) is 39.2 Å². The van der Waals surface area contributed by atoms with Gasteiger partial charge in [-0.15, -0.1) is 11.3 Å². The van der Waals surface area contributed by atoms with Crippen LogP contribution in [0.4, 0.5) is 10.9 Å². The van der Waals surface area contributed by atoms with Crippen molar-refractivity contribution in [2.75, 3.05) is 32.5 Å². The molecule has 1 aliphatic heterocycles. The number of likely N-dealkylation sites (tertiary alicyclic amines) is 1. The van der Waals surface area contributed by atoms with Gasteiger partial charge in [-0.05, 0) is 47.2 Å². The highest BCUT2D eigenvalue weighted by Gasteiger charge is 2.29. The highest BCUT2D eigenvalue weighted by Crippen LogP contribution is 2.30. The van der Waals surface area contributed by atoms with Gasteiger partial charge < -0.3 is 15.1 Å². The number of aromatic nitrogens is 3. The Bertz CT molecular complexity index is 847. The number of nitrogens with one attached hydrogen (secondary N) is 1. The van der Waals surface area contributed by atoms with E-state index in [4.69, 9.17) is 4.98 Å². The molecule has 7 nitrogen and oxygen atoms in total. The lowest BCUT2D eigenvalue weighted by Gasteiger charge is -2.34. The number of hydrogen-bond acceptors (Lipinski definition) is 7. The number of rotatable bonds is 6. The molecule has 2 aromatic heterocycles. The lowest BCUT2D eigenvalue weighted by Crippen LogP contribution is -2.38. The monoisotopic (exact) mass is 400 g/mol. The molecule has 0 aromatic carbocycles. The molecule has 1 N–H and O–H groups in total. The largest absolute Gasteiger partial charge is 0.329 e. The summed E-state index contributed by atoms with van der Waals surface area (Å²) in [5, 5.41) is 6.08. The fourth-order valence-electron chi connectivity index (χ4n) is 3.25. The van der Waals surface area contributed by atoms with E-state index in [1.807, 2.05) is 55.3 Å². The minimum absolute atomic E-state index is 0.0294. The number of anilines is 2. The summed E-state index contributed by atoms with van der Waals surface area (Å²) < 4.78 is 0. The molecular weight excluding hydrogens is 372 g/mol. The van der Waals surface area contributed by atoms with E-state index in [0.717, 1.165) is 54.7 Å². The molecule has 2 aromatic rings. The van der Waals surface area contributed by atoms with Gasteiger partial charge in [0.05, 0.1) is 11.7 Å². The quantitative estimate of drug-likeness (QED) is 0.749. The van der Waals surface area contributed by atoms with E-state index in [-0.39, 0.29) is 11.9 Å². The minimum atomic E-state index is -0.0938. The summed E-state index contributed by atoms with van der Waals surface area (Å²) in [5.41, 5.74) is 1.86. The van der Waals surface area contributed by atoms with Crippen molar-refractivity contribution in [1.29, 1.82) is 0 Å². The fraction of sp³-hybridized carbons (Fsp3) is 0.500. The summed E-state index contributed by atoms with van der Waals surface area (Å²) in [6.45, 7) is 5.40. The highest BCUT2D eigenvalue weighted by molar-refractivity contribution is 7.13. The normalized spacial score (nSPS) is 17.5. The molecule has 1 aliphatic rings. The molecule has 28 heavy (non-hydrogen) atoms. The van der Waals surface area contributed by atoms with Crippen molar-refractivity contribution in [2.24, 2.45) is 0 Å². The zero-order chi connectivity index (χ0) is 20.1. The molecule has 3 rings (SSSR count). The molecule has 1 atom stereocenters. The third kappa shape index (κ3) is 5.36. The Morgan fingerprint density at radius 3 is 2.82 bits per heavy atom. The molecule has 8 heteroatoms. The van der Waals surface area contributed by atoms with Gasteiger partial charge in [0.1, 0.15) is 5.82 Å². The first-order valence-electron chi connectivity index (χ1n) is 9.59. The highest BCUT2D eigenvalue weighted by atomic mass is 32.1. The predicted octanol–water partition coefficient (Wildman–Crippen LogP) is 3.46. The van der Waals surface area contributed by atoms with Crippen LogP contribution in [0, 0.1) is 13.8 Å².